The number of guanidine groups is 1. The number of carbonyl (C=O) groups excluding carboxylic acids is 2. The molecule has 4 rings (SSSR count). The Morgan fingerprint density at radius 3 is 2.58 bits per heavy atom. The number of amides is 2. The Hall–Kier alpha value is -3.39. The molecule has 0 bridgehead atoms. The van der Waals surface area contributed by atoms with Crippen LogP contribution in [0.25, 0.3) is 0 Å². The summed E-state index contributed by atoms with van der Waals surface area (Å²) in [6.45, 7) is 3.86. The van der Waals surface area contributed by atoms with Gasteiger partial charge in [0.15, 0.2) is 5.96 Å². The molecule has 1 saturated heterocycles. The van der Waals surface area contributed by atoms with Crippen LogP contribution in [0.1, 0.15) is 46.4 Å². The molecular weight excluding hydrogens is 418 g/mol. The van der Waals surface area contributed by atoms with E-state index < -0.39 is 0 Å². The summed E-state index contributed by atoms with van der Waals surface area (Å²) in [7, 11) is 0. The molecule has 174 valence electrons. The number of benzene rings is 2. The number of carbonyl (C=O) groups is 2. The summed E-state index contributed by atoms with van der Waals surface area (Å²) in [6.07, 6.45) is 4.10. The third-order valence-electron chi connectivity index (χ3n) is 5.87. The number of anilines is 2. The van der Waals surface area contributed by atoms with E-state index in [0.717, 1.165) is 63.4 Å². The zero-order chi connectivity index (χ0) is 22.9. The van der Waals surface area contributed by atoms with E-state index in [9.17, 15) is 9.59 Å². The number of ether oxygens (including phenoxy) is 1. The van der Waals surface area contributed by atoms with Crippen molar-refractivity contribution >= 4 is 29.1 Å². The van der Waals surface area contributed by atoms with Crippen LogP contribution in [-0.2, 0) is 4.74 Å². The Balaban J connectivity index is 1.28. The van der Waals surface area contributed by atoms with Crippen LogP contribution in [-0.4, -0.2) is 50.6 Å². The number of rotatable bonds is 7. The molecule has 2 amide bonds. The minimum Gasteiger partial charge on any atom is -0.381 e. The molecule has 0 radical (unpaired) electrons. The summed E-state index contributed by atoms with van der Waals surface area (Å²) >= 11 is 0. The van der Waals surface area contributed by atoms with Gasteiger partial charge in [-0.15, -0.1) is 0 Å². The van der Waals surface area contributed by atoms with Crippen molar-refractivity contribution in [3.05, 3.63) is 59.7 Å². The normalized spacial score (nSPS) is 16.3. The van der Waals surface area contributed by atoms with E-state index in [1.54, 1.807) is 12.1 Å². The van der Waals surface area contributed by atoms with Crippen LogP contribution in [0.4, 0.5) is 11.4 Å². The standard InChI is InChI=1S/C25H31N5O3/c31-23(26-14-9-18-10-15-33-16-11-18)20-3-1-4-22(17-20)29-21-7-5-19(6-8-21)24(32)30-25-27-12-2-13-28-25/h1,3-8,17-18,29H,2,9-16H2,(H,26,31)(H2,27,28,30,32). The molecule has 2 aromatic rings. The molecule has 2 heterocycles. The Labute approximate surface area is 194 Å². The quantitative estimate of drug-likeness (QED) is 0.520. The van der Waals surface area contributed by atoms with Crippen LogP contribution < -0.4 is 21.3 Å². The first-order chi connectivity index (χ1) is 16.2. The monoisotopic (exact) mass is 449 g/mol. The van der Waals surface area contributed by atoms with Gasteiger partial charge in [-0.25, -0.2) is 0 Å². The number of nitrogens with zero attached hydrogens (tertiary/aromatic N) is 1. The summed E-state index contributed by atoms with van der Waals surface area (Å²) < 4.78 is 5.39. The van der Waals surface area contributed by atoms with E-state index in [0.29, 0.717) is 29.5 Å². The molecule has 8 nitrogen and oxygen atoms in total. The first-order valence-electron chi connectivity index (χ1n) is 11.6. The van der Waals surface area contributed by atoms with Crippen molar-refractivity contribution in [1.29, 1.82) is 0 Å². The van der Waals surface area contributed by atoms with E-state index >= 15 is 0 Å². The molecule has 2 aliphatic rings. The predicted molar refractivity (Wildman–Crippen MR) is 129 cm³/mol. The van der Waals surface area contributed by atoms with Gasteiger partial charge in [0, 0.05) is 55.3 Å². The molecule has 0 saturated carbocycles. The third kappa shape index (κ3) is 6.79. The fourth-order valence-electron chi connectivity index (χ4n) is 3.93. The van der Waals surface area contributed by atoms with Gasteiger partial charge in [0.1, 0.15) is 0 Å². The van der Waals surface area contributed by atoms with Crippen molar-refractivity contribution < 1.29 is 14.3 Å². The summed E-state index contributed by atoms with van der Waals surface area (Å²) in [5.41, 5.74) is 2.80. The highest BCUT2D eigenvalue weighted by Gasteiger charge is 2.14. The Morgan fingerprint density at radius 1 is 1.00 bits per heavy atom. The number of aliphatic imine (C=N–C) groups is 1. The van der Waals surface area contributed by atoms with Gasteiger partial charge in [-0.2, -0.15) is 0 Å². The summed E-state index contributed by atoms with van der Waals surface area (Å²) in [4.78, 5) is 29.2. The van der Waals surface area contributed by atoms with Crippen molar-refractivity contribution in [1.82, 2.24) is 16.0 Å². The molecule has 1 fully saturated rings. The second kappa shape index (κ2) is 11.5. The van der Waals surface area contributed by atoms with Crippen LogP contribution in [0, 0.1) is 5.92 Å². The fraction of sp³-hybridized carbons (Fsp3) is 0.400. The molecule has 33 heavy (non-hydrogen) atoms. The van der Waals surface area contributed by atoms with Gasteiger partial charge in [0.2, 0.25) is 0 Å². The average Bonchev–Trinajstić information content (AvgIpc) is 2.86. The maximum Gasteiger partial charge on any atom is 0.257 e. The Kier molecular flexibility index (Phi) is 7.92. The zero-order valence-corrected chi connectivity index (χ0v) is 18.7. The smallest absolute Gasteiger partial charge is 0.257 e. The molecule has 8 heteroatoms. The second-order valence-corrected chi connectivity index (χ2v) is 8.35. The zero-order valence-electron chi connectivity index (χ0n) is 18.7. The van der Waals surface area contributed by atoms with Crippen LogP contribution >= 0.6 is 0 Å². The lowest BCUT2D eigenvalue weighted by molar-refractivity contribution is 0.0636. The van der Waals surface area contributed by atoms with Crippen LogP contribution in [0.5, 0.6) is 0 Å². The van der Waals surface area contributed by atoms with E-state index in [1.165, 1.54) is 0 Å². The molecule has 0 unspecified atom stereocenters. The lowest BCUT2D eigenvalue weighted by Gasteiger charge is -2.21. The highest BCUT2D eigenvalue weighted by Crippen LogP contribution is 2.20. The van der Waals surface area contributed by atoms with Gasteiger partial charge in [0.05, 0.1) is 0 Å². The fourth-order valence-corrected chi connectivity index (χ4v) is 3.93. The number of nitrogens with one attached hydrogen (secondary N) is 4. The second-order valence-electron chi connectivity index (χ2n) is 8.35. The summed E-state index contributed by atoms with van der Waals surface area (Å²) in [5.74, 6) is 0.881. The number of hydrogen-bond donors (Lipinski definition) is 4. The van der Waals surface area contributed by atoms with E-state index in [1.807, 2.05) is 36.4 Å². The first kappa shape index (κ1) is 22.8. The number of hydrogen-bond acceptors (Lipinski definition) is 6. The lowest BCUT2D eigenvalue weighted by atomic mass is 9.97. The largest absolute Gasteiger partial charge is 0.381 e. The highest BCUT2D eigenvalue weighted by atomic mass is 16.5. The third-order valence-corrected chi connectivity index (χ3v) is 5.87. The topological polar surface area (TPSA) is 104 Å². The molecular formula is C25H31N5O3. The van der Waals surface area contributed by atoms with Crippen molar-refractivity contribution in [2.75, 3.05) is 38.2 Å². The van der Waals surface area contributed by atoms with Crippen molar-refractivity contribution in [3.8, 4) is 0 Å². The SMILES string of the molecule is O=C(NCCC1CCOCC1)c1cccc(Nc2ccc(C(=O)NC3=NCCCN3)cc2)c1. The molecule has 0 atom stereocenters. The van der Waals surface area contributed by atoms with Gasteiger partial charge in [-0.3, -0.25) is 19.9 Å². The molecule has 0 aliphatic carbocycles. The van der Waals surface area contributed by atoms with Gasteiger partial charge < -0.3 is 20.7 Å². The van der Waals surface area contributed by atoms with Gasteiger partial charge in [-0.1, -0.05) is 6.07 Å². The maximum atomic E-state index is 12.6. The first-order valence-corrected chi connectivity index (χ1v) is 11.6. The minimum atomic E-state index is -0.200. The molecule has 4 N–H and O–H groups in total. The van der Waals surface area contributed by atoms with E-state index in [2.05, 4.69) is 26.3 Å². The van der Waals surface area contributed by atoms with Crippen LogP contribution in [0.2, 0.25) is 0 Å². The summed E-state index contributed by atoms with van der Waals surface area (Å²) in [6, 6.07) is 14.6. The van der Waals surface area contributed by atoms with Crippen molar-refractivity contribution in [2.45, 2.75) is 25.7 Å². The summed E-state index contributed by atoms with van der Waals surface area (Å²) in [5, 5.41) is 12.2. The Bertz CT molecular complexity index is 984. The maximum absolute atomic E-state index is 12.6. The average molecular weight is 450 g/mol. The van der Waals surface area contributed by atoms with E-state index in [4.69, 9.17) is 4.74 Å². The molecule has 2 aliphatic heterocycles. The van der Waals surface area contributed by atoms with Crippen LogP contribution in [0.3, 0.4) is 0 Å². The molecule has 2 aromatic carbocycles. The van der Waals surface area contributed by atoms with Crippen molar-refractivity contribution in [2.24, 2.45) is 10.9 Å². The lowest BCUT2D eigenvalue weighted by Crippen LogP contribution is -2.43. The highest BCUT2D eigenvalue weighted by molar-refractivity contribution is 6.06. The molecule has 0 spiro atoms. The Morgan fingerprint density at radius 2 is 1.82 bits per heavy atom. The van der Waals surface area contributed by atoms with Gasteiger partial charge in [-0.05, 0) is 74.1 Å². The molecule has 0 aromatic heterocycles. The van der Waals surface area contributed by atoms with Gasteiger partial charge in [0.25, 0.3) is 11.8 Å². The van der Waals surface area contributed by atoms with Crippen molar-refractivity contribution in [3.63, 3.8) is 0 Å². The minimum absolute atomic E-state index is 0.0723. The van der Waals surface area contributed by atoms with Crippen LogP contribution in [0.15, 0.2) is 53.5 Å². The predicted octanol–water partition coefficient (Wildman–Crippen LogP) is 3.06. The van der Waals surface area contributed by atoms with Gasteiger partial charge >= 0.3 is 0 Å². The van der Waals surface area contributed by atoms with E-state index in [-0.39, 0.29) is 11.8 Å².